The molecule has 5 rings (SSSR count). The second-order valence-corrected chi connectivity index (χ2v) is 12.6. The molecule has 12 heteroatoms. The third-order valence-corrected chi connectivity index (χ3v) is 9.07. The second kappa shape index (κ2) is 15.2. The zero-order valence-corrected chi connectivity index (χ0v) is 29.8. The molecule has 0 amide bonds. The Morgan fingerprint density at radius 2 is 1.70 bits per heavy atom. The van der Waals surface area contributed by atoms with Crippen LogP contribution in [0.2, 0.25) is 5.02 Å². The first-order valence-electron chi connectivity index (χ1n) is 15.0. The van der Waals surface area contributed by atoms with Crippen LogP contribution in [-0.4, -0.2) is 37.5 Å². The Balaban J connectivity index is 1.59. The van der Waals surface area contributed by atoms with E-state index in [2.05, 4.69) is 20.9 Å². The van der Waals surface area contributed by atoms with Crippen LogP contribution in [0.5, 0.6) is 23.0 Å². The zero-order valence-electron chi connectivity index (χ0n) is 26.6. The molecule has 3 aromatic carbocycles. The highest BCUT2D eigenvalue weighted by atomic mass is 79.9. The Morgan fingerprint density at radius 1 is 0.979 bits per heavy atom. The Bertz CT molecular complexity index is 2000. The number of nitrogens with zero attached hydrogens (tertiary/aromatic N) is 2. The highest BCUT2D eigenvalue weighted by molar-refractivity contribution is 9.10. The van der Waals surface area contributed by atoms with Gasteiger partial charge in [0.1, 0.15) is 6.61 Å². The van der Waals surface area contributed by atoms with Crippen LogP contribution in [0.15, 0.2) is 80.1 Å². The van der Waals surface area contributed by atoms with Crippen LogP contribution in [0.1, 0.15) is 50.4 Å². The predicted octanol–water partition coefficient (Wildman–Crippen LogP) is 6.60. The summed E-state index contributed by atoms with van der Waals surface area (Å²) >= 11 is 10.9. The monoisotopic (exact) mass is 740 g/mol. The molecule has 246 valence electrons. The van der Waals surface area contributed by atoms with E-state index in [9.17, 15) is 9.59 Å². The van der Waals surface area contributed by atoms with Crippen molar-refractivity contribution in [1.29, 1.82) is 0 Å². The summed E-state index contributed by atoms with van der Waals surface area (Å²) in [7, 11) is 1.56. The van der Waals surface area contributed by atoms with Crippen molar-refractivity contribution < 1.29 is 28.5 Å². The highest BCUT2D eigenvalue weighted by Crippen LogP contribution is 2.38. The van der Waals surface area contributed by atoms with Crippen molar-refractivity contribution in [2.75, 3.05) is 26.9 Å². The smallest absolute Gasteiger partial charge is 0.338 e. The number of hydrogen-bond donors (Lipinski definition) is 0. The number of allylic oxidation sites excluding steroid dienone is 1. The van der Waals surface area contributed by atoms with Crippen LogP contribution < -0.4 is 33.8 Å². The van der Waals surface area contributed by atoms with Crippen LogP contribution in [-0.2, 0) is 16.1 Å². The van der Waals surface area contributed by atoms with Crippen molar-refractivity contribution >= 4 is 50.9 Å². The van der Waals surface area contributed by atoms with Crippen molar-refractivity contribution in [3.63, 3.8) is 0 Å². The van der Waals surface area contributed by atoms with E-state index >= 15 is 0 Å². The predicted molar refractivity (Wildman–Crippen MR) is 186 cm³/mol. The lowest BCUT2D eigenvalue weighted by Gasteiger charge is -2.25. The fourth-order valence-corrected chi connectivity index (χ4v) is 6.94. The normalized spacial score (nSPS) is 14.4. The van der Waals surface area contributed by atoms with E-state index in [1.165, 1.54) is 15.9 Å². The van der Waals surface area contributed by atoms with Crippen LogP contribution in [0, 0.1) is 0 Å². The lowest BCUT2D eigenvalue weighted by atomic mass is 9.95. The number of esters is 1. The molecule has 1 aliphatic rings. The first-order chi connectivity index (χ1) is 22.7. The number of methoxy groups -OCH3 is 1. The standard InChI is InChI=1S/C35H34BrClN2O7S/c1-6-43-26-14-11-23(18-27(26)44-7-2)31-30(34(41)45-8-3)20(4)38-35-39(31)33(40)29(47-35)17-22-15-25(36)32(28(16-22)42-5)46-19-21-9-12-24(37)13-10-21/h9-18,31H,6-8,19H2,1-5H3/b29-17-/t31-/m1/s1. The first kappa shape index (κ1) is 34.3. The fraction of sp³-hybridized carbons (Fsp3) is 0.286. The van der Waals surface area contributed by atoms with Gasteiger partial charge in [0.05, 0.1) is 53.2 Å². The molecule has 9 nitrogen and oxygen atoms in total. The van der Waals surface area contributed by atoms with Crippen molar-refractivity contribution in [1.82, 2.24) is 4.57 Å². The molecule has 0 spiro atoms. The van der Waals surface area contributed by atoms with E-state index in [1.54, 1.807) is 57.4 Å². The number of thiazole rings is 1. The number of carbonyl (C=O) groups is 1. The lowest BCUT2D eigenvalue weighted by molar-refractivity contribution is -0.139. The van der Waals surface area contributed by atoms with Gasteiger partial charge in [-0.25, -0.2) is 9.79 Å². The van der Waals surface area contributed by atoms with Gasteiger partial charge in [-0.3, -0.25) is 9.36 Å². The van der Waals surface area contributed by atoms with Gasteiger partial charge < -0.3 is 23.7 Å². The molecule has 1 aromatic heterocycles. The van der Waals surface area contributed by atoms with Gasteiger partial charge in [0.15, 0.2) is 27.8 Å². The number of ether oxygens (including phenoxy) is 5. The molecule has 0 N–H and O–H groups in total. The van der Waals surface area contributed by atoms with Gasteiger partial charge in [-0.05, 0) is 103 Å². The summed E-state index contributed by atoms with van der Waals surface area (Å²) in [6, 6.07) is 15.7. The first-order valence-corrected chi connectivity index (χ1v) is 17.0. The molecule has 0 fully saturated rings. The van der Waals surface area contributed by atoms with E-state index in [4.69, 9.17) is 35.3 Å². The quantitative estimate of drug-likeness (QED) is 0.151. The molecule has 0 unspecified atom stereocenters. The van der Waals surface area contributed by atoms with Crippen molar-refractivity contribution in [2.24, 2.45) is 4.99 Å². The summed E-state index contributed by atoms with van der Waals surface area (Å²) in [6.07, 6.45) is 1.77. The number of carbonyl (C=O) groups excluding carboxylic acids is 1. The van der Waals surface area contributed by atoms with Crippen molar-refractivity contribution in [3.8, 4) is 23.0 Å². The topological polar surface area (TPSA) is 97.6 Å². The molecular weight excluding hydrogens is 708 g/mol. The number of benzene rings is 3. The summed E-state index contributed by atoms with van der Waals surface area (Å²) in [4.78, 5) is 32.7. The number of hydrogen-bond acceptors (Lipinski definition) is 9. The number of aromatic nitrogens is 1. The van der Waals surface area contributed by atoms with E-state index in [-0.39, 0.29) is 17.7 Å². The SMILES string of the molecule is CCOC(=O)C1=C(C)N=c2s/c(=C\c3cc(Br)c(OCc4ccc(Cl)cc4)c(OC)c3)c(=O)n2[C@@H]1c1ccc(OCC)c(OCC)c1. The van der Waals surface area contributed by atoms with E-state index < -0.39 is 12.0 Å². The van der Waals surface area contributed by atoms with Crippen LogP contribution in [0.4, 0.5) is 0 Å². The maximum absolute atomic E-state index is 14.2. The van der Waals surface area contributed by atoms with E-state index in [0.29, 0.717) is 78.5 Å². The van der Waals surface area contributed by atoms with Crippen molar-refractivity contribution in [2.45, 2.75) is 40.3 Å². The largest absolute Gasteiger partial charge is 0.493 e. The average Bonchev–Trinajstić information content (AvgIpc) is 3.35. The average molecular weight is 742 g/mol. The lowest BCUT2D eigenvalue weighted by Crippen LogP contribution is -2.40. The van der Waals surface area contributed by atoms with Gasteiger partial charge in [0.2, 0.25) is 0 Å². The van der Waals surface area contributed by atoms with Gasteiger partial charge in [-0.15, -0.1) is 0 Å². The molecule has 0 bridgehead atoms. The molecular formula is C35H34BrClN2O7S. The maximum Gasteiger partial charge on any atom is 0.338 e. The molecule has 0 saturated heterocycles. The van der Waals surface area contributed by atoms with Gasteiger partial charge >= 0.3 is 5.97 Å². The minimum Gasteiger partial charge on any atom is -0.493 e. The Labute approximate surface area is 289 Å². The number of fused-ring (bicyclic) bond motifs is 1. The van der Waals surface area contributed by atoms with E-state index in [1.807, 2.05) is 38.1 Å². The Hall–Kier alpha value is -4.06. The minimum atomic E-state index is -0.799. The molecule has 1 atom stereocenters. The van der Waals surface area contributed by atoms with Gasteiger partial charge in [-0.2, -0.15) is 0 Å². The summed E-state index contributed by atoms with van der Waals surface area (Å²) in [5.41, 5.74) is 2.76. The Kier molecular flexibility index (Phi) is 11.1. The third kappa shape index (κ3) is 7.42. The summed E-state index contributed by atoms with van der Waals surface area (Å²) in [5, 5.41) is 0.649. The minimum absolute atomic E-state index is 0.177. The summed E-state index contributed by atoms with van der Waals surface area (Å²) < 4.78 is 31.4. The zero-order chi connectivity index (χ0) is 33.7. The summed E-state index contributed by atoms with van der Waals surface area (Å²) in [5.74, 6) is 1.56. The molecule has 1 aliphatic heterocycles. The fourth-order valence-electron chi connectivity index (χ4n) is 5.20. The molecule has 0 saturated carbocycles. The molecule has 47 heavy (non-hydrogen) atoms. The summed E-state index contributed by atoms with van der Waals surface area (Å²) in [6.45, 7) is 8.61. The molecule has 0 radical (unpaired) electrons. The molecule has 0 aliphatic carbocycles. The molecule has 4 aromatic rings. The third-order valence-electron chi connectivity index (χ3n) is 7.25. The van der Waals surface area contributed by atoms with Crippen LogP contribution in [0.25, 0.3) is 6.08 Å². The Morgan fingerprint density at radius 3 is 2.38 bits per heavy atom. The highest BCUT2D eigenvalue weighted by Gasteiger charge is 2.34. The number of rotatable bonds is 12. The van der Waals surface area contributed by atoms with Crippen LogP contribution in [0.3, 0.4) is 0 Å². The van der Waals surface area contributed by atoms with Gasteiger partial charge in [-0.1, -0.05) is 41.1 Å². The second-order valence-electron chi connectivity index (χ2n) is 10.3. The number of halogens is 2. The van der Waals surface area contributed by atoms with Gasteiger partial charge in [0, 0.05) is 5.02 Å². The maximum atomic E-state index is 14.2. The van der Waals surface area contributed by atoms with Gasteiger partial charge in [0.25, 0.3) is 5.56 Å². The van der Waals surface area contributed by atoms with E-state index in [0.717, 1.165) is 5.56 Å². The molecule has 2 heterocycles. The van der Waals surface area contributed by atoms with Crippen molar-refractivity contribution in [3.05, 3.63) is 112 Å². The van der Waals surface area contributed by atoms with Crippen LogP contribution >= 0.6 is 38.9 Å².